The molecule has 0 radical (unpaired) electrons. The number of carbonyl (C=O) groups is 1. The highest BCUT2D eigenvalue weighted by Crippen LogP contribution is 2.31. The Morgan fingerprint density at radius 3 is 2.49 bits per heavy atom. The smallest absolute Gasteiger partial charge is 0.264 e. The standard InChI is InChI=1S/C26H26N4O4S/c1-19-9-14-22(35(32,33)29(2)24-7-4-5-8-25(24)34-3)17-23(19)26(31)27-18-20-10-12-21(13-11-20)30-16-6-15-28-30/h4-17H,18H2,1-3H3,(H,27,31). The van der Waals surface area contributed by atoms with E-state index in [1.54, 1.807) is 48.1 Å². The first-order chi connectivity index (χ1) is 16.8. The van der Waals surface area contributed by atoms with E-state index in [-0.39, 0.29) is 10.8 Å². The number of amides is 1. The van der Waals surface area contributed by atoms with Crippen LogP contribution in [0.2, 0.25) is 0 Å². The second kappa shape index (κ2) is 10.0. The minimum absolute atomic E-state index is 0.0187. The fourth-order valence-electron chi connectivity index (χ4n) is 3.65. The Kier molecular flexibility index (Phi) is 6.88. The van der Waals surface area contributed by atoms with Crippen molar-refractivity contribution in [3.63, 3.8) is 0 Å². The Balaban J connectivity index is 1.52. The van der Waals surface area contributed by atoms with Crippen molar-refractivity contribution in [2.75, 3.05) is 18.5 Å². The molecule has 8 nitrogen and oxygen atoms in total. The average Bonchev–Trinajstić information content (AvgIpc) is 3.42. The SMILES string of the molecule is COc1ccccc1N(C)S(=O)(=O)c1ccc(C)c(C(=O)NCc2ccc(-n3cccn3)cc2)c1. The molecule has 1 amide bonds. The van der Waals surface area contributed by atoms with Gasteiger partial charge in [0.15, 0.2) is 0 Å². The molecule has 4 aromatic rings. The lowest BCUT2D eigenvalue weighted by Crippen LogP contribution is -2.28. The molecule has 9 heteroatoms. The minimum atomic E-state index is -3.93. The summed E-state index contributed by atoms with van der Waals surface area (Å²) < 4.78 is 34.9. The predicted molar refractivity (Wildman–Crippen MR) is 134 cm³/mol. The van der Waals surface area contributed by atoms with Crippen molar-refractivity contribution in [1.29, 1.82) is 0 Å². The van der Waals surface area contributed by atoms with Gasteiger partial charge in [-0.05, 0) is 60.5 Å². The van der Waals surface area contributed by atoms with Gasteiger partial charge in [-0.15, -0.1) is 0 Å². The molecule has 0 aliphatic heterocycles. The van der Waals surface area contributed by atoms with E-state index in [1.807, 2.05) is 36.5 Å². The first-order valence-corrected chi connectivity index (χ1v) is 12.3. The molecule has 1 aromatic heterocycles. The molecule has 3 aromatic carbocycles. The van der Waals surface area contributed by atoms with E-state index in [4.69, 9.17) is 4.74 Å². The molecular formula is C26H26N4O4S. The van der Waals surface area contributed by atoms with Crippen LogP contribution in [-0.2, 0) is 16.6 Å². The lowest BCUT2D eigenvalue weighted by Gasteiger charge is -2.22. The van der Waals surface area contributed by atoms with E-state index in [0.717, 1.165) is 15.6 Å². The van der Waals surface area contributed by atoms with Gasteiger partial charge in [0.05, 0.1) is 23.4 Å². The number of benzene rings is 3. The van der Waals surface area contributed by atoms with Crippen LogP contribution in [0, 0.1) is 6.92 Å². The number of ether oxygens (including phenoxy) is 1. The van der Waals surface area contributed by atoms with Crippen LogP contribution < -0.4 is 14.4 Å². The summed E-state index contributed by atoms with van der Waals surface area (Å²) in [5, 5.41) is 7.07. The molecule has 0 bridgehead atoms. The minimum Gasteiger partial charge on any atom is -0.495 e. The van der Waals surface area contributed by atoms with Crippen LogP contribution >= 0.6 is 0 Å². The number of aryl methyl sites for hydroxylation is 1. The molecule has 0 atom stereocenters. The van der Waals surface area contributed by atoms with Crippen LogP contribution in [-0.4, -0.2) is 38.3 Å². The van der Waals surface area contributed by atoms with E-state index in [2.05, 4.69) is 10.4 Å². The number of sulfonamides is 1. The number of carbonyl (C=O) groups excluding carboxylic acids is 1. The number of nitrogens with zero attached hydrogens (tertiary/aromatic N) is 3. The summed E-state index contributed by atoms with van der Waals surface area (Å²) >= 11 is 0. The number of hydrogen-bond donors (Lipinski definition) is 1. The van der Waals surface area contributed by atoms with E-state index in [1.165, 1.54) is 26.3 Å². The monoisotopic (exact) mass is 490 g/mol. The zero-order valence-electron chi connectivity index (χ0n) is 19.7. The highest BCUT2D eigenvalue weighted by Gasteiger charge is 2.25. The van der Waals surface area contributed by atoms with Crippen molar-refractivity contribution < 1.29 is 17.9 Å². The molecule has 0 aliphatic carbocycles. The summed E-state index contributed by atoms with van der Waals surface area (Å²) in [5.41, 5.74) is 3.20. The second-order valence-corrected chi connectivity index (χ2v) is 9.89. The number of nitrogens with one attached hydrogen (secondary N) is 1. The summed E-state index contributed by atoms with van der Waals surface area (Å²) in [4.78, 5) is 13.0. The van der Waals surface area contributed by atoms with E-state index < -0.39 is 10.0 Å². The topological polar surface area (TPSA) is 93.5 Å². The van der Waals surface area contributed by atoms with Crippen LogP contribution in [0.5, 0.6) is 5.75 Å². The highest BCUT2D eigenvalue weighted by atomic mass is 32.2. The molecule has 0 unspecified atom stereocenters. The van der Waals surface area contributed by atoms with Crippen molar-refractivity contribution >= 4 is 21.6 Å². The number of anilines is 1. The molecular weight excluding hydrogens is 464 g/mol. The third kappa shape index (κ3) is 5.04. The quantitative estimate of drug-likeness (QED) is 0.404. The van der Waals surface area contributed by atoms with Crippen molar-refractivity contribution in [3.8, 4) is 11.4 Å². The van der Waals surface area contributed by atoms with Crippen LogP contribution in [0.3, 0.4) is 0 Å². The summed E-state index contributed by atoms with van der Waals surface area (Å²) in [6.07, 6.45) is 3.56. The Labute approximate surface area is 204 Å². The predicted octanol–water partition coefficient (Wildman–Crippen LogP) is 3.94. The third-order valence-corrected chi connectivity index (χ3v) is 7.46. The number of rotatable bonds is 8. The van der Waals surface area contributed by atoms with E-state index in [0.29, 0.717) is 29.1 Å². The number of hydrogen-bond acceptors (Lipinski definition) is 5. The zero-order valence-corrected chi connectivity index (χ0v) is 20.5. The molecule has 35 heavy (non-hydrogen) atoms. The first kappa shape index (κ1) is 24.0. The lowest BCUT2D eigenvalue weighted by molar-refractivity contribution is 0.0950. The Morgan fingerprint density at radius 2 is 1.80 bits per heavy atom. The molecule has 1 N–H and O–H groups in total. The van der Waals surface area contributed by atoms with Gasteiger partial charge >= 0.3 is 0 Å². The van der Waals surface area contributed by atoms with Crippen molar-refractivity contribution in [2.45, 2.75) is 18.4 Å². The molecule has 0 aliphatic rings. The zero-order chi connectivity index (χ0) is 25.0. The maximum Gasteiger partial charge on any atom is 0.264 e. The Bertz CT molecular complexity index is 1430. The van der Waals surface area contributed by atoms with Crippen LogP contribution in [0.25, 0.3) is 5.69 Å². The summed E-state index contributed by atoms with van der Waals surface area (Å²) in [5.74, 6) is 0.0814. The van der Waals surface area contributed by atoms with Gasteiger partial charge in [0.25, 0.3) is 15.9 Å². The van der Waals surface area contributed by atoms with E-state index >= 15 is 0 Å². The summed E-state index contributed by atoms with van der Waals surface area (Å²) in [6, 6.07) is 20.9. The van der Waals surface area contributed by atoms with Gasteiger partial charge in [-0.1, -0.05) is 30.3 Å². The van der Waals surface area contributed by atoms with E-state index in [9.17, 15) is 13.2 Å². The average molecular weight is 491 g/mol. The normalized spacial score (nSPS) is 11.2. The Morgan fingerprint density at radius 1 is 1.06 bits per heavy atom. The highest BCUT2D eigenvalue weighted by molar-refractivity contribution is 7.92. The third-order valence-electron chi connectivity index (χ3n) is 5.69. The maximum absolute atomic E-state index is 13.3. The van der Waals surface area contributed by atoms with Crippen LogP contribution in [0.1, 0.15) is 21.5 Å². The number of methoxy groups -OCH3 is 1. The van der Waals surface area contributed by atoms with Crippen LogP contribution in [0.4, 0.5) is 5.69 Å². The number of aromatic nitrogens is 2. The second-order valence-electron chi connectivity index (χ2n) is 7.92. The fourth-order valence-corrected chi connectivity index (χ4v) is 4.88. The van der Waals surface area contributed by atoms with Crippen molar-refractivity contribution in [3.05, 3.63) is 102 Å². The van der Waals surface area contributed by atoms with Crippen molar-refractivity contribution in [1.82, 2.24) is 15.1 Å². The fraction of sp³-hybridized carbons (Fsp3) is 0.154. The largest absolute Gasteiger partial charge is 0.495 e. The van der Waals surface area contributed by atoms with Gasteiger partial charge in [0.2, 0.25) is 0 Å². The molecule has 180 valence electrons. The van der Waals surface area contributed by atoms with Gasteiger partial charge in [0.1, 0.15) is 5.75 Å². The van der Waals surface area contributed by atoms with Crippen molar-refractivity contribution in [2.24, 2.45) is 0 Å². The molecule has 1 heterocycles. The molecule has 0 saturated carbocycles. The number of para-hydroxylation sites is 2. The summed E-state index contributed by atoms with van der Waals surface area (Å²) in [6.45, 7) is 2.07. The maximum atomic E-state index is 13.3. The Hall–Kier alpha value is -4.11. The van der Waals surface area contributed by atoms with Gasteiger partial charge in [0, 0.05) is 31.5 Å². The van der Waals surface area contributed by atoms with Gasteiger partial charge < -0.3 is 10.1 Å². The van der Waals surface area contributed by atoms with Gasteiger partial charge in [-0.25, -0.2) is 13.1 Å². The van der Waals surface area contributed by atoms with Crippen LogP contribution in [0.15, 0.2) is 90.1 Å². The molecule has 0 spiro atoms. The summed E-state index contributed by atoms with van der Waals surface area (Å²) in [7, 11) is -0.983. The van der Waals surface area contributed by atoms with Gasteiger partial charge in [-0.2, -0.15) is 5.10 Å². The molecule has 0 saturated heterocycles. The molecule has 4 rings (SSSR count). The molecule has 0 fully saturated rings. The first-order valence-electron chi connectivity index (χ1n) is 10.9. The van der Waals surface area contributed by atoms with Gasteiger partial charge in [-0.3, -0.25) is 9.10 Å². The lowest BCUT2D eigenvalue weighted by atomic mass is 10.1.